The van der Waals surface area contributed by atoms with Crippen LogP contribution in [-0.2, 0) is 0 Å². The molecule has 0 aliphatic rings. The summed E-state index contributed by atoms with van der Waals surface area (Å²) in [4.78, 5) is 13.3. The molecule has 0 aliphatic heterocycles. The zero-order chi connectivity index (χ0) is 11.3. The van der Waals surface area contributed by atoms with Gasteiger partial charge in [0.15, 0.2) is 0 Å². The van der Waals surface area contributed by atoms with E-state index in [9.17, 15) is 4.79 Å². The van der Waals surface area contributed by atoms with Gasteiger partial charge in [0.1, 0.15) is 0 Å². The molecule has 15 heavy (non-hydrogen) atoms. The van der Waals surface area contributed by atoms with Crippen molar-refractivity contribution >= 4 is 28.8 Å². The van der Waals surface area contributed by atoms with Crippen LogP contribution >= 0.6 is 22.9 Å². The van der Waals surface area contributed by atoms with Crippen LogP contribution in [0.5, 0.6) is 0 Å². The second-order valence-corrected chi connectivity index (χ2v) is 4.21. The van der Waals surface area contributed by atoms with E-state index in [1.54, 1.807) is 4.90 Å². The second kappa shape index (κ2) is 5.63. The molecule has 80 valence electrons. The zero-order valence-electron chi connectivity index (χ0n) is 8.10. The third-order valence-electron chi connectivity index (χ3n) is 1.75. The van der Waals surface area contributed by atoms with Crippen LogP contribution in [-0.4, -0.2) is 34.1 Å². The normalized spacial score (nSPS) is 9.67. The summed E-state index contributed by atoms with van der Waals surface area (Å²) in [6.45, 7) is 2.79. The molecule has 1 amide bonds. The van der Waals surface area contributed by atoms with Gasteiger partial charge in [0.2, 0.25) is 9.47 Å². The van der Waals surface area contributed by atoms with Crippen LogP contribution in [0.2, 0.25) is 4.47 Å². The first-order valence-electron chi connectivity index (χ1n) is 4.34. The van der Waals surface area contributed by atoms with E-state index in [4.69, 9.17) is 16.9 Å². The Kier molecular flexibility index (Phi) is 4.46. The molecule has 0 fully saturated rings. The highest BCUT2D eigenvalue weighted by molar-refractivity contribution is 7.17. The zero-order valence-corrected chi connectivity index (χ0v) is 9.68. The van der Waals surface area contributed by atoms with E-state index in [1.165, 1.54) is 0 Å². The van der Waals surface area contributed by atoms with E-state index in [1.807, 2.05) is 13.0 Å². The first kappa shape index (κ1) is 11.9. The van der Waals surface area contributed by atoms with E-state index in [0.29, 0.717) is 19.5 Å². The van der Waals surface area contributed by atoms with Crippen LogP contribution in [0.25, 0.3) is 0 Å². The first-order chi connectivity index (χ1) is 7.19. The van der Waals surface area contributed by atoms with Gasteiger partial charge in [-0.2, -0.15) is 5.26 Å². The highest BCUT2D eigenvalue weighted by atomic mass is 35.5. The van der Waals surface area contributed by atoms with E-state index in [0.717, 1.165) is 11.3 Å². The van der Waals surface area contributed by atoms with Gasteiger partial charge in [-0.15, -0.1) is 10.2 Å². The highest BCUT2D eigenvalue weighted by Crippen LogP contribution is 2.16. The molecule has 1 heterocycles. The number of rotatable bonds is 4. The molecule has 0 radical (unpaired) electrons. The SMILES string of the molecule is CCN(CCC#N)C(=O)c1nnc(Cl)s1. The second-order valence-electron chi connectivity index (χ2n) is 2.65. The predicted octanol–water partition coefficient (Wildman–Crippen LogP) is 1.57. The molecule has 0 saturated heterocycles. The molecule has 1 rings (SSSR count). The number of nitrogens with zero attached hydrogens (tertiary/aromatic N) is 4. The van der Waals surface area contributed by atoms with Crippen molar-refractivity contribution in [3.8, 4) is 6.07 Å². The van der Waals surface area contributed by atoms with E-state index in [2.05, 4.69) is 10.2 Å². The molecule has 0 spiro atoms. The fourth-order valence-electron chi connectivity index (χ4n) is 1.02. The van der Waals surface area contributed by atoms with Gasteiger partial charge in [0.25, 0.3) is 5.91 Å². The summed E-state index contributed by atoms with van der Waals surface area (Å²) in [6.07, 6.45) is 0.312. The lowest BCUT2D eigenvalue weighted by Crippen LogP contribution is -2.31. The van der Waals surface area contributed by atoms with Crippen LogP contribution in [0, 0.1) is 11.3 Å². The maximum absolute atomic E-state index is 11.8. The number of hydrogen-bond donors (Lipinski definition) is 0. The summed E-state index contributed by atoms with van der Waals surface area (Å²) in [5, 5.41) is 15.9. The van der Waals surface area contributed by atoms with Crippen molar-refractivity contribution in [2.45, 2.75) is 13.3 Å². The van der Waals surface area contributed by atoms with Crippen molar-refractivity contribution in [2.75, 3.05) is 13.1 Å². The van der Waals surface area contributed by atoms with E-state index in [-0.39, 0.29) is 15.4 Å². The maximum Gasteiger partial charge on any atom is 0.284 e. The largest absolute Gasteiger partial charge is 0.336 e. The first-order valence-corrected chi connectivity index (χ1v) is 5.53. The number of amides is 1. The fraction of sp³-hybridized carbons (Fsp3) is 0.500. The maximum atomic E-state index is 11.8. The van der Waals surface area contributed by atoms with E-state index >= 15 is 0 Å². The summed E-state index contributed by atoms with van der Waals surface area (Å²) in [7, 11) is 0. The molecule has 0 atom stereocenters. The monoisotopic (exact) mass is 244 g/mol. The average molecular weight is 245 g/mol. The van der Waals surface area contributed by atoms with Crippen LogP contribution < -0.4 is 0 Å². The molecule has 5 nitrogen and oxygen atoms in total. The number of hydrogen-bond acceptors (Lipinski definition) is 5. The summed E-state index contributed by atoms with van der Waals surface area (Å²) >= 11 is 6.62. The van der Waals surface area contributed by atoms with Crippen molar-refractivity contribution in [1.29, 1.82) is 5.26 Å². The minimum Gasteiger partial charge on any atom is -0.336 e. The molecular weight excluding hydrogens is 236 g/mol. The molecule has 1 aromatic rings. The van der Waals surface area contributed by atoms with Gasteiger partial charge < -0.3 is 4.90 Å². The molecule has 0 N–H and O–H groups in total. The fourth-order valence-corrected chi connectivity index (χ4v) is 1.81. The van der Waals surface area contributed by atoms with Gasteiger partial charge >= 0.3 is 0 Å². The molecule has 7 heteroatoms. The topological polar surface area (TPSA) is 69.9 Å². The number of aromatic nitrogens is 2. The van der Waals surface area contributed by atoms with Crippen molar-refractivity contribution in [3.05, 3.63) is 9.47 Å². The Morgan fingerprint density at radius 2 is 2.40 bits per heavy atom. The minimum absolute atomic E-state index is 0.225. The molecule has 0 saturated carbocycles. The number of nitriles is 1. The quantitative estimate of drug-likeness (QED) is 0.806. The highest BCUT2D eigenvalue weighted by Gasteiger charge is 2.18. The summed E-state index contributed by atoms with van der Waals surface area (Å²) in [5.74, 6) is -0.225. The van der Waals surface area contributed by atoms with Crippen LogP contribution in [0.1, 0.15) is 23.1 Å². The molecular formula is C8H9ClN4OS. The Morgan fingerprint density at radius 3 is 2.87 bits per heavy atom. The minimum atomic E-state index is -0.225. The number of carbonyl (C=O) groups excluding carboxylic acids is 1. The number of halogens is 1. The predicted molar refractivity (Wildman–Crippen MR) is 56.7 cm³/mol. The van der Waals surface area contributed by atoms with Gasteiger partial charge in [-0.25, -0.2) is 0 Å². The number of carbonyl (C=O) groups is 1. The van der Waals surface area contributed by atoms with Crippen molar-refractivity contribution < 1.29 is 4.79 Å². The Bertz CT molecular complexity index is 386. The lowest BCUT2D eigenvalue weighted by atomic mass is 10.4. The van der Waals surface area contributed by atoms with Crippen LogP contribution in [0.15, 0.2) is 0 Å². The van der Waals surface area contributed by atoms with Gasteiger partial charge in [0.05, 0.1) is 12.5 Å². The summed E-state index contributed by atoms with van der Waals surface area (Å²) in [6, 6.07) is 1.99. The lowest BCUT2D eigenvalue weighted by Gasteiger charge is -2.17. The Morgan fingerprint density at radius 1 is 1.67 bits per heavy atom. The molecule has 1 aromatic heterocycles. The van der Waals surface area contributed by atoms with Gasteiger partial charge in [0, 0.05) is 13.1 Å². The molecule has 0 aliphatic carbocycles. The molecule has 0 bridgehead atoms. The lowest BCUT2D eigenvalue weighted by molar-refractivity contribution is 0.0766. The molecule has 0 aromatic carbocycles. The Balaban J connectivity index is 2.69. The summed E-state index contributed by atoms with van der Waals surface area (Å²) in [5.41, 5.74) is 0. The van der Waals surface area contributed by atoms with Gasteiger partial charge in [-0.05, 0) is 18.5 Å². The van der Waals surface area contributed by atoms with Crippen molar-refractivity contribution in [3.63, 3.8) is 0 Å². The molecule has 0 unspecified atom stereocenters. The smallest absolute Gasteiger partial charge is 0.284 e. The third kappa shape index (κ3) is 3.15. The van der Waals surface area contributed by atoms with Crippen molar-refractivity contribution in [1.82, 2.24) is 15.1 Å². The standard InChI is InChI=1S/C8H9ClN4OS/c1-2-13(5-3-4-10)7(14)6-11-12-8(9)15-6/h2-3,5H2,1H3. The van der Waals surface area contributed by atoms with Gasteiger partial charge in [-0.3, -0.25) is 4.79 Å². The van der Waals surface area contributed by atoms with Crippen molar-refractivity contribution in [2.24, 2.45) is 0 Å². The van der Waals surface area contributed by atoms with Crippen LogP contribution in [0.4, 0.5) is 0 Å². The van der Waals surface area contributed by atoms with Crippen LogP contribution in [0.3, 0.4) is 0 Å². The summed E-state index contributed by atoms with van der Waals surface area (Å²) < 4.78 is 0.245. The Labute approximate surface area is 96.3 Å². The Hall–Kier alpha value is -1.19. The third-order valence-corrected chi connectivity index (χ3v) is 2.75. The van der Waals surface area contributed by atoms with E-state index < -0.39 is 0 Å². The average Bonchev–Trinajstić information content (AvgIpc) is 2.65. The van der Waals surface area contributed by atoms with Gasteiger partial charge in [-0.1, -0.05) is 11.3 Å².